The van der Waals surface area contributed by atoms with Gasteiger partial charge in [0.1, 0.15) is 0 Å². The molecule has 136 valence electrons. The van der Waals surface area contributed by atoms with Crippen molar-refractivity contribution >= 4 is 34.3 Å². The first kappa shape index (κ1) is 17.0. The summed E-state index contributed by atoms with van der Waals surface area (Å²) in [7, 11) is 0. The molecule has 2 aromatic carbocycles. The van der Waals surface area contributed by atoms with E-state index in [0.717, 1.165) is 27.8 Å². The number of nitrogens with zero attached hydrogens (tertiary/aromatic N) is 3. The van der Waals surface area contributed by atoms with E-state index in [-0.39, 0.29) is 12.5 Å². The summed E-state index contributed by atoms with van der Waals surface area (Å²) in [6.45, 7) is 1.19. The number of carbonyl (C=O) groups is 2. The Bertz CT molecular complexity index is 996. The second kappa shape index (κ2) is 7.07. The standard InChI is InChI=1S/C21H19N3O3/c25-19(26)11-8-15-6-9-17(10-7-15)23-13-14-24(21(23)27)18-5-1-3-16-4-2-12-22-20(16)18/h1-7,9-10,12H,8,11,13-14H2,(H,25,26). The van der Waals surface area contributed by atoms with Gasteiger partial charge in [-0.05, 0) is 36.2 Å². The van der Waals surface area contributed by atoms with Crippen molar-refractivity contribution in [2.75, 3.05) is 22.9 Å². The van der Waals surface area contributed by atoms with Gasteiger partial charge in [0.05, 0.1) is 11.2 Å². The summed E-state index contributed by atoms with van der Waals surface area (Å²) in [6, 6.07) is 17.2. The monoisotopic (exact) mass is 361 g/mol. The fourth-order valence-electron chi connectivity index (χ4n) is 3.40. The summed E-state index contributed by atoms with van der Waals surface area (Å²) < 4.78 is 0. The summed E-state index contributed by atoms with van der Waals surface area (Å²) in [4.78, 5) is 31.6. The molecule has 0 saturated carbocycles. The molecule has 6 heteroatoms. The average Bonchev–Trinajstić information content (AvgIpc) is 3.07. The normalized spacial score (nSPS) is 14.1. The number of hydrogen-bond acceptors (Lipinski definition) is 3. The van der Waals surface area contributed by atoms with Crippen LogP contribution in [-0.2, 0) is 11.2 Å². The van der Waals surface area contributed by atoms with Crippen LogP contribution in [-0.4, -0.2) is 35.2 Å². The number of anilines is 2. The van der Waals surface area contributed by atoms with E-state index < -0.39 is 5.97 Å². The van der Waals surface area contributed by atoms with Gasteiger partial charge in [0, 0.05) is 36.8 Å². The average molecular weight is 361 g/mol. The van der Waals surface area contributed by atoms with Crippen molar-refractivity contribution in [1.29, 1.82) is 0 Å². The van der Waals surface area contributed by atoms with E-state index in [1.165, 1.54) is 0 Å². The van der Waals surface area contributed by atoms with Crippen LogP contribution in [0.25, 0.3) is 10.9 Å². The predicted molar refractivity (Wildman–Crippen MR) is 104 cm³/mol. The van der Waals surface area contributed by atoms with Gasteiger partial charge in [-0.15, -0.1) is 0 Å². The zero-order valence-electron chi connectivity index (χ0n) is 14.7. The number of carboxylic acid groups (broad SMARTS) is 1. The fourth-order valence-corrected chi connectivity index (χ4v) is 3.40. The highest BCUT2D eigenvalue weighted by Crippen LogP contribution is 2.30. The van der Waals surface area contributed by atoms with Crippen LogP contribution in [0, 0.1) is 0 Å². The Labute approximate surface area is 156 Å². The van der Waals surface area contributed by atoms with Gasteiger partial charge in [-0.1, -0.05) is 30.3 Å². The summed E-state index contributed by atoms with van der Waals surface area (Å²) in [5.74, 6) is -0.812. The molecule has 1 aromatic heterocycles. The van der Waals surface area contributed by atoms with Crippen molar-refractivity contribution in [3.63, 3.8) is 0 Å². The third-order valence-corrected chi connectivity index (χ3v) is 4.79. The molecule has 4 rings (SSSR count). The molecule has 0 spiro atoms. The Morgan fingerprint density at radius 3 is 2.52 bits per heavy atom. The fraction of sp³-hybridized carbons (Fsp3) is 0.190. The molecular formula is C21H19N3O3. The first-order valence-corrected chi connectivity index (χ1v) is 8.87. The maximum Gasteiger partial charge on any atom is 0.329 e. The topological polar surface area (TPSA) is 73.7 Å². The highest BCUT2D eigenvalue weighted by Gasteiger charge is 2.31. The summed E-state index contributed by atoms with van der Waals surface area (Å²) in [5, 5.41) is 9.79. The molecule has 2 amide bonds. The van der Waals surface area contributed by atoms with E-state index in [1.807, 2.05) is 54.6 Å². The molecule has 3 aromatic rings. The molecule has 1 N–H and O–H groups in total. The van der Waals surface area contributed by atoms with Gasteiger partial charge in [0.25, 0.3) is 0 Å². The number of fused-ring (bicyclic) bond motifs is 1. The summed E-state index contributed by atoms with van der Waals surface area (Å²) in [5.41, 5.74) is 3.40. The number of carbonyl (C=O) groups excluding carboxylic acids is 1. The van der Waals surface area contributed by atoms with Crippen molar-refractivity contribution in [2.45, 2.75) is 12.8 Å². The lowest BCUT2D eigenvalue weighted by Crippen LogP contribution is -2.31. The van der Waals surface area contributed by atoms with E-state index >= 15 is 0 Å². The van der Waals surface area contributed by atoms with Crippen LogP contribution in [0.5, 0.6) is 0 Å². The molecule has 1 saturated heterocycles. The van der Waals surface area contributed by atoms with Gasteiger partial charge < -0.3 is 5.11 Å². The first-order valence-electron chi connectivity index (χ1n) is 8.87. The number of aryl methyl sites for hydroxylation is 1. The lowest BCUT2D eigenvalue weighted by Gasteiger charge is -2.20. The highest BCUT2D eigenvalue weighted by molar-refractivity contribution is 6.10. The van der Waals surface area contributed by atoms with Crippen molar-refractivity contribution in [3.05, 3.63) is 66.4 Å². The smallest absolute Gasteiger partial charge is 0.329 e. The van der Waals surface area contributed by atoms with Gasteiger partial charge >= 0.3 is 12.0 Å². The molecule has 0 bridgehead atoms. The van der Waals surface area contributed by atoms with Gasteiger partial charge in [-0.25, -0.2) is 4.79 Å². The molecule has 0 aliphatic carbocycles. The van der Waals surface area contributed by atoms with Crippen LogP contribution in [0.15, 0.2) is 60.8 Å². The van der Waals surface area contributed by atoms with Gasteiger partial charge in [-0.2, -0.15) is 0 Å². The zero-order valence-corrected chi connectivity index (χ0v) is 14.7. The second-order valence-corrected chi connectivity index (χ2v) is 6.50. The Kier molecular flexibility index (Phi) is 4.46. The maximum atomic E-state index is 13.0. The van der Waals surface area contributed by atoms with Crippen molar-refractivity contribution in [2.24, 2.45) is 0 Å². The van der Waals surface area contributed by atoms with E-state index in [4.69, 9.17) is 5.11 Å². The Balaban J connectivity index is 1.56. The van der Waals surface area contributed by atoms with Crippen molar-refractivity contribution < 1.29 is 14.7 Å². The largest absolute Gasteiger partial charge is 0.481 e. The van der Waals surface area contributed by atoms with Crippen LogP contribution in [0.1, 0.15) is 12.0 Å². The zero-order chi connectivity index (χ0) is 18.8. The number of aliphatic carboxylic acids is 1. The molecule has 27 heavy (non-hydrogen) atoms. The van der Waals surface area contributed by atoms with Crippen LogP contribution in [0.2, 0.25) is 0 Å². The molecule has 0 unspecified atom stereocenters. The molecule has 0 atom stereocenters. The van der Waals surface area contributed by atoms with E-state index in [9.17, 15) is 9.59 Å². The number of hydrogen-bond donors (Lipinski definition) is 1. The van der Waals surface area contributed by atoms with Crippen molar-refractivity contribution in [1.82, 2.24) is 4.98 Å². The molecular weight excluding hydrogens is 342 g/mol. The van der Waals surface area contributed by atoms with Gasteiger partial charge in [0.2, 0.25) is 0 Å². The molecule has 1 fully saturated rings. The Morgan fingerprint density at radius 2 is 1.74 bits per heavy atom. The minimum atomic E-state index is -0.812. The maximum absolute atomic E-state index is 13.0. The molecule has 6 nitrogen and oxygen atoms in total. The van der Waals surface area contributed by atoms with Crippen LogP contribution in [0.3, 0.4) is 0 Å². The van der Waals surface area contributed by atoms with Gasteiger partial charge in [-0.3, -0.25) is 19.6 Å². The summed E-state index contributed by atoms with van der Waals surface area (Å²) >= 11 is 0. The Morgan fingerprint density at radius 1 is 1.00 bits per heavy atom. The minimum Gasteiger partial charge on any atom is -0.481 e. The number of carboxylic acids is 1. The van der Waals surface area contributed by atoms with E-state index in [1.54, 1.807) is 16.0 Å². The number of benzene rings is 2. The quantitative estimate of drug-likeness (QED) is 0.752. The third-order valence-electron chi connectivity index (χ3n) is 4.79. The molecule has 1 aliphatic heterocycles. The van der Waals surface area contributed by atoms with Crippen LogP contribution >= 0.6 is 0 Å². The minimum absolute atomic E-state index is 0.0774. The number of amides is 2. The number of rotatable bonds is 5. The molecule has 1 aliphatic rings. The first-order chi connectivity index (χ1) is 13.1. The number of aromatic nitrogens is 1. The molecule has 0 radical (unpaired) electrons. The number of urea groups is 1. The SMILES string of the molecule is O=C(O)CCc1ccc(N2CCN(c3cccc4cccnc34)C2=O)cc1. The Hall–Kier alpha value is -3.41. The lowest BCUT2D eigenvalue weighted by atomic mass is 10.1. The third kappa shape index (κ3) is 3.33. The second-order valence-electron chi connectivity index (χ2n) is 6.50. The molecule has 2 heterocycles. The van der Waals surface area contributed by atoms with E-state index in [2.05, 4.69) is 4.98 Å². The predicted octanol–water partition coefficient (Wildman–Crippen LogP) is 3.70. The number of pyridine rings is 1. The van der Waals surface area contributed by atoms with Crippen LogP contribution < -0.4 is 9.80 Å². The number of para-hydroxylation sites is 1. The van der Waals surface area contributed by atoms with Crippen molar-refractivity contribution in [3.8, 4) is 0 Å². The lowest BCUT2D eigenvalue weighted by molar-refractivity contribution is -0.136. The van der Waals surface area contributed by atoms with Gasteiger partial charge in [0.15, 0.2) is 0 Å². The van der Waals surface area contributed by atoms with Crippen LogP contribution in [0.4, 0.5) is 16.2 Å². The van der Waals surface area contributed by atoms with E-state index in [0.29, 0.717) is 19.5 Å². The highest BCUT2D eigenvalue weighted by atomic mass is 16.4. The summed E-state index contributed by atoms with van der Waals surface area (Å²) in [6.07, 6.45) is 2.32.